The van der Waals surface area contributed by atoms with Crippen LogP contribution in [0.2, 0.25) is 0 Å². The van der Waals surface area contributed by atoms with Crippen molar-refractivity contribution in [2.24, 2.45) is 0 Å². The second-order valence-electron chi connectivity index (χ2n) is 4.25. The number of nitrogens with zero attached hydrogens (tertiary/aromatic N) is 6. The molecule has 0 aliphatic heterocycles. The van der Waals surface area contributed by atoms with E-state index in [1.807, 2.05) is 11.4 Å². The Kier molecular flexibility index (Phi) is 3.73. The van der Waals surface area contributed by atoms with Gasteiger partial charge in [-0.05, 0) is 18.4 Å². The summed E-state index contributed by atoms with van der Waals surface area (Å²) in [5, 5.41) is 12.3. The molecule has 3 rings (SSSR count). The fraction of sp³-hybridized carbons (Fsp3) is 0.250. The van der Waals surface area contributed by atoms with E-state index in [4.69, 9.17) is 0 Å². The van der Waals surface area contributed by atoms with Gasteiger partial charge in [0, 0.05) is 11.9 Å². The van der Waals surface area contributed by atoms with E-state index in [1.54, 1.807) is 24.7 Å². The van der Waals surface area contributed by atoms with Gasteiger partial charge in [-0.15, -0.1) is 11.3 Å². The normalized spacial score (nSPS) is 12.1. The summed E-state index contributed by atoms with van der Waals surface area (Å²) in [6, 6.07) is 4.20. The van der Waals surface area contributed by atoms with E-state index in [1.165, 1.54) is 15.9 Å². The van der Waals surface area contributed by atoms with Gasteiger partial charge in [0.15, 0.2) is 0 Å². The quantitative estimate of drug-likeness (QED) is 0.741. The maximum Gasteiger partial charge on any atom is 0.258 e. The minimum absolute atomic E-state index is 0.112. The van der Waals surface area contributed by atoms with Crippen LogP contribution in [0.25, 0.3) is 5.95 Å². The lowest BCUT2D eigenvalue weighted by atomic mass is 10.3. The van der Waals surface area contributed by atoms with Crippen molar-refractivity contribution in [3.63, 3.8) is 0 Å². The molecule has 0 saturated heterocycles. The van der Waals surface area contributed by atoms with Crippen molar-refractivity contribution in [2.75, 3.05) is 17.7 Å². The Morgan fingerprint density at radius 3 is 2.76 bits per heavy atom. The van der Waals surface area contributed by atoms with Crippen molar-refractivity contribution in [1.29, 1.82) is 0 Å². The van der Waals surface area contributed by atoms with Gasteiger partial charge in [-0.3, -0.25) is 0 Å². The van der Waals surface area contributed by atoms with E-state index in [0.29, 0.717) is 17.8 Å². The van der Waals surface area contributed by atoms with E-state index < -0.39 is 0 Å². The molecule has 8 nitrogen and oxygen atoms in total. The lowest BCUT2D eigenvalue weighted by Gasteiger charge is -2.13. The molecule has 0 fully saturated rings. The number of anilines is 2. The number of nitrogens with one attached hydrogen (secondary N) is 2. The minimum Gasteiger partial charge on any atom is -0.357 e. The first-order valence-corrected chi connectivity index (χ1v) is 7.23. The SMILES string of the molecule is CNc1nc(NC(C)c2cccs2)nc(-n2cncn2)n1. The number of hydrogen-bond donors (Lipinski definition) is 2. The average molecular weight is 302 g/mol. The molecule has 21 heavy (non-hydrogen) atoms. The molecule has 9 heteroatoms. The number of thiophene rings is 1. The van der Waals surface area contributed by atoms with Gasteiger partial charge < -0.3 is 10.6 Å². The first-order valence-electron chi connectivity index (χ1n) is 6.35. The van der Waals surface area contributed by atoms with Crippen LogP contribution in [0.3, 0.4) is 0 Å². The van der Waals surface area contributed by atoms with Crippen LogP contribution in [0.4, 0.5) is 11.9 Å². The van der Waals surface area contributed by atoms with Crippen molar-refractivity contribution in [1.82, 2.24) is 29.7 Å². The Morgan fingerprint density at radius 1 is 1.24 bits per heavy atom. The molecule has 0 radical (unpaired) electrons. The molecule has 0 amide bonds. The van der Waals surface area contributed by atoms with Gasteiger partial charge in [0.2, 0.25) is 11.9 Å². The van der Waals surface area contributed by atoms with Crippen molar-refractivity contribution < 1.29 is 0 Å². The highest BCUT2D eigenvalue weighted by Crippen LogP contribution is 2.22. The van der Waals surface area contributed by atoms with Gasteiger partial charge in [-0.1, -0.05) is 6.07 Å². The first kappa shape index (κ1) is 13.4. The van der Waals surface area contributed by atoms with Crippen LogP contribution in [-0.2, 0) is 0 Å². The third kappa shape index (κ3) is 2.97. The lowest BCUT2D eigenvalue weighted by Crippen LogP contribution is -2.13. The average Bonchev–Trinajstić information content (AvgIpc) is 3.19. The molecular weight excluding hydrogens is 288 g/mol. The lowest BCUT2D eigenvalue weighted by molar-refractivity contribution is 0.786. The summed E-state index contributed by atoms with van der Waals surface area (Å²) in [7, 11) is 1.76. The molecule has 1 unspecified atom stereocenters. The topological polar surface area (TPSA) is 93.4 Å². The molecule has 0 spiro atoms. The molecule has 0 aromatic carbocycles. The van der Waals surface area contributed by atoms with Crippen LogP contribution in [0.15, 0.2) is 30.2 Å². The summed E-state index contributed by atoms with van der Waals surface area (Å²) in [5.41, 5.74) is 0. The Morgan fingerprint density at radius 2 is 2.10 bits per heavy atom. The summed E-state index contributed by atoms with van der Waals surface area (Å²) in [5.74, 6) is 1.37. The van der Waals surface area contributed by atoms with Crippen molar-refractivity contribution >= 4 is 23.2 Å². The standard InChI is InChI=1S/C12H14N8S/c1-8(9-4-3-5-21-9)16-11-17-10(13-2)18-12(19-11)20-7-14-6-15-20/h3-8H,1-2H3,(H2,13,16,17,18,19). The Hall–Kier alpha value is -2.55. The number of aromatic nitrogens is 6. The van der Waals surface area contributed by atoms with Gasteiger partial charge in [0.05, 0.1) is 6.04 Å². The van der Waals surface area contributed by atoms with Crippen LogP contribution in [0.5, 0.6) is 0 Å². The maximum atomic E-state index is 4.37. The van der Waals surface area contributed by atoms with E-state index in [2.05, 4.69) is 48.7 Å². The molecule has 3 aromatic rings. The Bertz CT molecular complexity index is 694. The van der Waals surface area contributed by atoms with Gasteiger partial charge in [-0.25, -0.2) is 4.98 Å². The summed E-state index contributed by atoms with van der Waals surface area (Å²) in [6.07, 6.45) is 2.98. The van der Waals surface area contributed by atoms with Crippen LogP contribution in [0.1, 0.15) is 17.8 Å². The Labute approximate surface area is 125 Å². The molecule has 3 aromatic heterocycles. The smallest absolute Gasteiger partial charge is 0.258 e. The molecule has 3 heterocycles. The highest BCUT2D eigenvalue weighted by atomic mass is 32.1. The summed E-state index contributed by atoms with van der Waals surface area (Å²) in [6.45, 7) is 2.06. The fourth-order valence-electron chi connectivity index (χ4n) is 1.76. The van der Waals surface area contributed by atoms with Crippen molar-refractivity contribution in [3.05, 3.63) is 35.0 Å². The Balaban J connectivity index is 1.89. The third-order valence-corrected chi connectivity index (χ3v) is 3.84. The molecule has 0 bridgehead atoms. The summed E-state index contributed by atoms with van der Waals surface area (Å²) < 4.78 is 1.49. The van der Waals surface area contributed by atoms with Gasteiger partial charge >= 0.3 is 0 Å². The molecule has 0 saturated carbocycles. The highest BCUT2D eigenvalue weighted by Gasteiger charge is 2.12. The van der Waals surface area contributed by atoms with E-state index in [0.717, 1.165) is 0 Å². The highest BCUT2D eigenvalue weighted by molar-refractivity contribution is 7.10. The molecule has 1 atom stereocenters. The number of hydrogen-bond acceptors (Lipinski definition) is 8. The van der Waals surface area contributed by atoms with Crippen LogP contribution < -0.4 is 10.6 Å². The van der Waals surface area contributed by atoms with Gasteiger partial charge in [0.25, 0.3) is 5.95 Å². The van der Waals surface area contributed by atoms with Crippen LogP contribution in [-0.4, -0.2) is 36.8 Å². The second kappa shape index (κ2) is 5.83. The van der Waals surface area contributed by atoms with E-state index in [-0.39, 0.29) is 6.04 Å². The first-order chi connectivity index (χ1) is 10.3. The predicted octanol–water partition coefficient (Wildman–Crippen LogP) is 1.73. The molecule has 2 N–H and O–H groups in total. The zero-order valence-electron chi connectivity index (χ0n) is 11.6. The van der Waals surface area contributed by atoms with Crippen LogP contribution in [0, 0.1) is 0 Å². The third-order valence-electron chi connectivity index (χ3n) is 2.79. The maximum absolute atomic E-state index is 4.37. The zero-order valence-corrected chi connectivity index (χ0v) is 12.4. The predicted molar refractivity (Wildman–Crippen MR) is 80.6 cm³/mol. The van der Waals surface area contributed by atoms with Crippen molar-refractivity contribution in [2.45, 2.75) is 13.0 Å². The minimum atomic E-state index is 0.112. The van der Waals surface area contributed by atoms with Crippen molar-refractivity contribution in [3.8, 4) is 5.95 Å². The summed E-state index contributed by atoms with van der Waals surface area (Å²) in [4.78, 5) is 18.0. The zero-order chi connectivity index (χ0) is 14.7. The number of rotatable bonds is 5. The van der Waals surface area contributed by atoms with Gasteiger partial charge in [0.1, 0.15) is 12.7 Å². The monoisotopic (exact) mass is 302 g/mol. The molecule has 108 valence electrons. The fourth-order valence-corrected chi connectivity index (χ4v) is 2.49. The largest absolute Gasteiger partial charge is 0.357 e. The van der Waals surface area contributed by atoms with E-state index in [9.17, 15) is 0 Å². The molecule has 0 aliphatic rings. The second-order valence-corrected chi connectivity index (χ2v) is 5.23. The molecule has 0 aliphatic carbocycles. The summed E-state index contributed by atoms with van der Waals surface area (Å²) >= 11 is 1.69. The van der Waals surface area contributed by atoms with Crippen LogP contribution >= 0.6 is 11.3 Å². The molecular formula is C12H14N8S. The van der Waals surface area contributed by atoms with E-state index >= 15 is 0 Å². The van der Waals surface area contributed by atoms with Gasteiger partial charge in [-0.2, -0.15) is 24.7 Å².